The maximum atomic E-state index is 11.1. The minimum atomic E-state index is -1.24. The third-order valence-electron chi connectivity index (χ3n) is 3.57. The number of hydrogen-bond donors (Lipinski definition) is 6. The summed E-state index contributed by atoms with van der Waals surface area (Å²) in [5.74, 6) is -3.19. The molecule has 24 heavy (non-hydrogen) atoms. The lowest BCUT2D eigenvalue weighted by Crippen LogP contribution is -2.06. The van der Waals surface area contributed by atoms with Crippen molar-refractivity contribution in [3.63, 3.8) is 0 Å². The van der Waals surface area contributed by atoms with Gasteiger partial charge < -0.3 is 30.8 Å². The number of aromatic hydroxyl groups is 4. The summed E-state index contributed by atoms with van der Waals surface area (Å²) in [4.78, 5) is 11.1. The van der Waals surface area contributed by atoms with Gasteiger partial charge in [0, 0.05) is 11.3 Å². The van der Waals surface area contributed by atoms with Gasteiger partial charge >= 0.3 is 5.97 Å². The first-order valence-electron chi connectivity index (χ1n) is 6.88. The number of carbonyl (C=O) groups is 1. The normalized spacial score (nSPS) is 14.2. The van der Waals surface area contributed by atoms with E-state index < -0.39 is 23.2 Å². The highest BCUT2D eigenvalue weighted by Crippen LogP contribution is 2.38. The van der Waals surface area contributed by atoms with Gasteiger partial charge in [-0.25, -0.2) is 4.79 Å². The molecule has 0 spiro atoms. The number of carboxylic acids is 1. The monoisotopic (exact) mass is 327 g/mol. The number of allylic oxidation sites excluding steroid dienone is 1. The first kappa shape index (κ1) is 15.3. The summed E-state index contributed by atoms with van der Waals surface area (Å²) in [6, 6.07) is 5.38. The van der Waals surface area contributed by atoms with E-state index in [-0.39, 0.29) is 17.0 Å². The lowest BCUT2D eigenvalue weighted by molar-refractivity contribution is 0.0694. The van der Waals surface area contributed by atoms with Crippen LogP contribution in [0.3, 0.4) is 0 Å². The Kier molecular flexibility index (Phi) is 3.53. The molecule has 0 saturated heterocycles. The van der Waals surface area contributed by atoms with Gasteiger partial charge in [-0.15, -0.1) is 0 Å². The van der Waals surface area contributed by atoms with E-state index in [1.165, 1.54) is 18.2 Å². The molecule has 7 nitrogen and oxygen atoms in total. The zero-order valence-electron chi connectivity index (χ0n) is 12.2. The Morgan fingerprint density at radius 2 is 1.62 bits per heavy atom. The standard InChI is InChI=1S/C17H13NO6/c19-12-6-8(7-13(20)16(12)22)5-10-3-1-9-2-4-11(17(23)24)15(21)14(9)18-10/h1-7,18-22H,(H,23,24)/b10-5+. The van der Waals surface area contributed by atoms with Crippen LogP contribution in [0, 0.1) is 0 Å². The maximum absolute atomic E-state index is 11.1. The van der Waals surface area contributed by atoms with E-state index >= 15 is 0 Å². The number of phenolic OH excluding ortho intramolecular Hbond substituents is 3. The van der Waals surface area contributed by atoms with E-state index in [0.717, 1.165) is 0 Å². The fourth-order valence-corrected chi connectivity index (χ4v) is 2.39. The molecule has 122 valence electrons. The van der Waals surface area contributed by atoms with Gasteiger partial charge in [0.1, 0.15) is 5.56 Å². The van der Waals surface area contributed by atoms with Gasteiger partial charge in [-0.05, 0) is 35.9 Å². The van der Waals surface area contributed by atoms with Crippen molar-refractivity contribution < 1.29 is 30.3 Å². The van der Waals surface area contributed by atoms with Crippen LogP contribution in [0.4, 0.5) is 5.69 Å². The summed E-state index contributed by atoms with van der Waals surface area (Å²) in [6.07, 6.45) is 4.91. The van der Waals surface area contributed by atoms with Crippen molar-refractivity contribution in [3.8, 4) is 23.0 Å². The molecule has 1 aliphatic rings. The molecule has 1 aliphatic heterocycles. The van der Waals surface area contributed by atoms with Crippen LogP contribution >= 0.6 is 0 Å². The van der Waals surface area contributed by atoms with Crippen LogP contribution in [0.2, 0.25) is 0 Å². The third-order valence-corrected chi connectivity index (χ3v) is 3.57. The SMILES string of the molecule is O=C(O)c1ccc2c(c1O)N/C(=C/c1cc(O)c(O)c(O)c1)C=C2. The first-order chi connectivity index (χ1) is 11.4. The van der Waals surface area contributed by atoms with Gasteiger partial charge in [-0.2, -0.15) is 0 Å². The summed E-state index contributed by atoms with van der Waals surface area (Å²) < 4.78 is 0. The molecule has 0 amide bonds. The highest BCUT2D eigenvalue weighted by atomic mass is 16.4. The highest BCUT2D eigenvalue weighted by molar-refractivity contribution is 5.96. The Hall–Kier alpha value is -3.61. The lowest BCUT2D eigenvalue weighted by atomic mass is 10.0. The lowest BCUT2D eigenvalue weighted by Gasteiger charge is -2.18. The van der Waals surface area contributed by atoms with Gasteiger partial charge in [-0.3, -0.25) is 0 Å². The Labute approximate surface area is 136 Å². The zero-order valence-corrected chi connectivity index (χ0v) is 12.2. The predicted molar refractivity (Wildman–Crippen MR) is 87.1 cm³/mol. The second-order valence-corrected chi connectivity index (χ2v) is 5.20. The van der Waals surface area contributed by atoms with E-state index in [0.29, 0.717) is 16.8 Å². The summed E-state index contributed by atoms with van der Waals surface area (Å²) in [7, 11) is 0. The molecule has 0 bridgehead atoms. The van der Waals surface area contributed by atoms with E-state index in [2.05, 4.69) is 5.32 Å². The van der Waals surface area contributed by atoms with Gasteiger partial charge in [0.15, 0.2) is 23.0 Å². The molecular formula is C17H13NO6. The molecule has 0 aromatic heterocycles. The van der Waals surface area contributed by atoms with Crippen LogP contribution in [0.15, 0.2) is 36.0 Å². The van der Waals surface area contributed by atoms with E-state index in [1.807, 2.05) is 0 Å². The second kappa shape index (κ2) is 5.54. The molecule has 2 aromatic rings. The van der Waals surface area contributed by atoms with E-state index in [1.54, 1.807) is 24.3 Å². The number of carboxylic acid groups (broad SMARTS) is 1. The number of phenols is 4. The highest BCUT2D eigenvalue weighted by Gasteiger charge is 2.18. The molecule has 0 saturated carbocycles. The molecular weight excluding hydrogens is 314 g/mol. The smallest absolute Gasteiger partial charge is 0.339 e. The molecule has 1 heterocycles. The van der Waals surface area contributed by atoms with E-state index in [4.69, 9.17) is 5.11 Å². The zero-order chi connectivity index (χ0) is 17.4. The van der Waals surface area contributed by atoms with Crippen molar-refractivity contribution in [2.75, 3.05) is 5.32 Å². The van der Waals surface area contributed by atoms with Gasteiger partial charge in [0.2, 0.25) is 0 Å². The number of benzene rings is 2. The molecule has 2 aromatic carbocycles. The fraction of sp³-hybridized carbons (Fsp3) is 0. The number of nitrogens with one attached hydrogen (secondary N) is 1. The minimum absolute atomic E-state index is 0.226. The van der Waals surface area contributed by atoms with Crippen LogP contribution in [-0.4, -0.2) is 31.5 Å². The molecule has 0 fully saturated rings. The second-order valence-electron chi connectivity index (χ2n) is 5.20. The van der Waals surface area contributed by atoms with Crippen LogP contribution < -0.4 is 5.32 Å². The number of fused-ring (bicyclic) bond motifs is 1. The van der Waals surface area contributed by atoms with Crippen molar-refractivity contribution in [3.05, 3.63) is 52.7 Å². The molecule has 6 N–H and O–H groups in total. The summed E-state index contributed by atoms with van der Waals surface area (Å²) >= 11 is 0. The molecule has 0 aliphatic carbocycles. The summed E-state index contributed by atoms with van der Waals surface area (Å²) in [6.45, 7) is 0. The number of rotatable bonds is 2. The van der Waals surface area contributed by atoms with Crippen molar-refractivity contribution in [1.82, 2.24) is 0 Å². The maximum Gasteiger partial charge on any atom is 0.339 e. The van der Waals surface area contributed by atoms with Crippen LogP contribution in [0.5, 0.6) is 23.0 Å². The Morgan fingerprint density at radius 1 is 0.958 bits per heavy atom. The van der Waals surface area contributed by atoms with Crippen molar-refractivity contribution in [2.45, 2.75) is 0 Å². The Bertz CT molecular complexity index is 891. The van der Waals surface area contributed by atoms with Crippen LogP contribution in [0.25, 0.3) is 12.2 Å². The molecule has 7 heteroatoms. The van der Waals surface area contributed by atoms with Crippen molar-refractivity contribution in [1.29, 1.82) is 0 Å². The average Bonchev–Trinajstić information content (AvgIpc) is 2.53. The third kappa shape index (κ3) is 2.58. The van der Waals surface area contributed by atoms with Gasteiger partial charge in [0.05, 0.1) is 5.69 Å². The molecule has 0 unspecified atom stereocenters. The van der Waals surface area contributed by atoms with Crippen LogP contribution in [-0.2, 0) is 0 Å². The molecule has 3 rings (SSSR count). The predicted octanol–water partition coefficient (Wildman–Crippen LogP) is 2.69. The van der Waals surface area contributed by atoms with Gasteiger partial charge in [-0.1, -0.05) is 12.1 Å². The topological polar surface area (TPSA) is 130 Å². The van der Waals surface area contributed by atoms with Gasteiger partial charge in [0.25, 0.3) is 0 Å². The Balaban J connectivity index is 2.01. The van der Waals surface area contributed by atoms with Crippen LogP contribution in [0.1, 0.15) is 21.5 Å². The summed E-state index contributed by atoms with van der Waals surface area (Å²) in [5.41, 5.74) is 1.52. The quantitative estimate of drug-likeness (QED) is 0.468. The largest absolute Gasteiger partial charge is 0.505 e. The molecule has 0 radical (unpaired) electrons. The number of anilines is 1. The van der Waals surface area contributed by atoms with E-state index in [9.17, 15) is 25.2 Å². The first-order valence-corrected chi connectivity index (χ1v) is 6.88. The molecule has 0 atom stereocenters. The minimum Gasteiger partial charge on any atom is -0.505 e. The average molecular weight is 327 g/mol. The van der Waals surface area contributed by atoms with Crippen molar-refractivity contribution in [2.24, 2.45) is 0 Å². The Morgan fingerprint density at radius 3 is 2.25 bits per heavy atom. The number of aromatic carboxylic acids is 1. The number of hydrogen-bond acceptors (Lipinski definition) is 6. The summed E-state index contributed by atoms with van der Waals surface area (Å²) in [5, 5.41) is 50.4. The fourth-order valence-electron chi connectivity index (χ4n) is 2.39. The van der Waals surface area contributed by atoms with Crippen molar-refractivity contribution >= 4 is 23.8 Å².